The van der Waals surface area contributed by atoms with E-state index in [0.717, 1.165) is 32.4 Å². The molecule has 6 heteroatoms. The summed E-state index contributed by atoms with van der Waals surface area (Å²) >= 11 is 0. The van der Waals surface area contributed by atoms with Gasteiger partial charge in [0.25, 0.3) is 0 Å². The number of methoxy groups -OCH3 is 1. The number of nitrogens with two attached hydrogens (primary N) is 2. The number of hydrogen-bond donors (Lipinski definition) is 3. The third kappa shape index (κ3) is 11.6. The van der Waals surface area contributed by atoms with Crippen LogP contribution in [0, 0.1) is 0 Å². The number of amides is 1. The number of carbonyl (C=O) groups excluding carboxylic acids is 1. The van der Waals surface area contributed by atoms with Gasteiger partial charge in [-0.3, -0.25) is 10.1 Å². The van der Waals surface area contributed by atoms with E-state index in [4.69, 9.17) is 20.9 Å². The van der Waals surface area contributed by atoms with Crippen molar-refractivity contribution in [1.82, 2.24) is 5.32 Å². The van der Waals surface area contributed by atoms with Crippen LogP contribution >= 0.6 is 0 Å². The van der Waals surface area contributed by atoms with Gasteiger partial charge < -0.3 is 20.9 Å². The minimum absolute atomic E-state index is 0.431. The Morgan fingerprint density at radius 2 is 2.06 bits per heavy atom. The molecule has 0 aromatic heterocycles. The summed E-state index contributed by atoms with van der Waals surface area (Å²) in [4.78, 5) is 10.6. The summed E-state index contributed by atoms with van der Waals surface area (Å²) in [6.07, 6.45) is 3.40. The Hall–Kier alpha value is -0.690. The second-order valence-electron chi connectivity index (χ2n) is 3.90. The Balaban J connectivity index is 3.06. The van der Waals surface area contributed by atoms with Crippen molar-refractivity contribution >= 4 is 5.91 Å². The zero-order valence-electron chi connectivity index (χ0n) is 10.6. The summed E-state index contributed by atoms with van der Waals surface area (Å²) in [6, 6.07) is -0.514. The average Bonchev–Trinajstić information content (AvgIpc) is 2.31. The molecule has 5 N–H and O–H groups in total. The molecule has 17 heavy (non-hydrogen) atoms. The van der Waals surface area contributed by atoms with Gasteiger partial charge in [0.15, 0.2) is 0 Å². The highest BCUT2D eigenvalue weighted by atomic mass is 16.5. The van der Waals surface area contributed by atoms with E-state index < -0.39 is 11.9 Å². The molecule has 1 atom stereocenters. The van der Waals surface area contributed by atoms with Gasteiger partial charge in [-0.1, -0.05) is 6.42 Å². The van der Waals surface area contributed by atoms with Crippen molar-refractivity contribution in [3.8, 4) is 0 Å². The van der Waals surface area contributed by atoms with Crippen molar-refractivity contribution in [2.75, 3.05) is 33.6 Å². The highest BCUT2D eigenvalue weighted by molar-refractivity contribution is 5.79. The second kappa shape index (κ2) is 11.8. The molecular weight excluding hydrogens is 222 g/mol. The van der Waals surface area contributed by atoms with Crippen molar-refractivity contribution in [1.29, 1.82) is 0 Å². The third-order valence-corrected chi connectivity index (χ3v) is 2.33. The van der Waals surface area contributed by atoms with Crippen molar-refractivity contribution in [3.05, 3.63) is 0 Å². The second-order valence-corrected chi connectivity index (χ2v) is 3.90. The Bertz CT molecular complexity index is 191. The topological polar surface area (TPSA) is 99.6 Å². The van der Waals surface area contributed by atoms with Gasteiger partial charge in [-0.05, 0) is 25.8 Å². The number of rotatable bonds is 12. The van der Waals surface area contributed by atoms with Crippen LogP contribution in [0.2, 0.25) is 0 Å². The molecule has 6 nitrogen and oxygen atoms in total. The van der Waals surface area contributed by atoms with E-state index in [0.29, 0.717) is 19.8 Å². The van der Waals surface area contributed by atoms with E-state index in [-0.39, 0.29) is 0 Å². The maximum Gasteiger partial charge on any atom is 0.234 e. The molecule has 0 aromatic carbocycles. The molecule has 0 aliphatic heterocycles. The largest absolute Gasteiger partial charge is 0.385 e. The fourth-order valence-electron chi connectivity index (χ4n) is 1.28. The van der Waals surface area contributed by atoms with Gasteiger partial charge >= 0.3 is 0 Å². The summed E-state index contributed by atoms with van der Waals surface area (Å²) < 4.78 is 10.2. The van der Waals surface area contributed by atoms with E-state index in [1.54, 1.807) is 7.11 Å². The van der Waals surface area contributed by atoms with Crippen LogP contribution in [0.5, 0.6) is 0 Å². The Labute approximate surface area is 103 Å². The van der Waals surface area contributed by atoms with Gasteiger partial charge in [0.1, 0.15) is 0 Å². The first kappa shape index (κ1) is 16.3. The lowest BCUT2D eigenvalue weighted by Crippen LogP contribution is -2.36. The van der Waals surface area contributed by atoms with Gasteiger partial charge in [-0.15, -0.1) is 0 Å². The minimum atomic E-state index is -0.514. The molecule has 0 aromatic rings. The van der Waals surface area contributed by atoms with Gasteiger partial charge in [0, 0.05) is 13.7 Å². The SMILES string of the molecule is COCCCOCNCCCCC(N)C(N)=O. The zero-order valence-corrected chi connectivity index (χ0v) is 10.6. The lowest BCUT2D eigenvalue weighted by molar-refractivity contribution is -0.119. The highest BCUT2D eigenvalue weighted by Gasteiger charge is 2.07. The first-order chi connectivity index (χ1) is 8.18. The van der Waals surface area contributed by atoms with Crippen LogP contribution in [0.15, 0.2) is 0 Å². The number of primary amides is 1. The average molecular weight is 247 g/mol. The first-order valence-corrected chi connectivity index (χ1v) is 6.00. The zero-order chi connectivity index (χ0) is 12.9. The monoisotopic (exact) mass is 247 g/mol. The Morgan fingerprint density at radius 1 is 1.29 bits per heavy atom. The molecule has 102 valence electrons. The van der Waals surface area contributed by atoms with Gasteiger partial charge in [-0.2, -0.15) is 0 Å². The third-order valence-electron chi connectivity index (χ3n) is 2.33. The molecule has 0 spiro atoms. The predicted octanol–water partition coefficient (Wildman–Crippen LogP) is -0.430. The number of nitrogens with one attached hydrogen (secondary N) is 1. The smallest absolute Gasteiger partial charge is 0.234 e. The van der Waals surface area contributed by atoms with E-state index in [1.165, 1.54) is 0 Å². The van der Waals surface area contributed by atoms with Crippen LogP contribution in [0.4, 0.5) is 0 Å². The summed E-state index contributed by atoms with van der Waals surface area (Å²) in [5.41, 5.74) is 10.5. The summed E-state index contributed by atoms with van der Waals surface area (Å²) in [6.45, 7) is 2.83. The van der Waals surface area contributed by atoms with E-state index in [1.807, 2.05) is 0 Å². The van der Waals surface area contributed by atoms with Crippen molar-refractivity contribution < 1.29 is 14.3 Å². The normalized spacial score (nSPS) is 12.6. The summed E-state index contributed by atoms with van der Waals surface area (Å²) in [5.74, 6) is -0.431. The maximum atomic E-state index is 10.6. The Kier molecular flexibility index (Phi) is 11.3. The number of unbranched alkanes of at least 4 members (excludes halogenated alkanes) is 1. The molecule has 1 unspecified atom stereocenters. The predicted molar refractivity (Wildman–Crippen MR) is 66.3 cm³/mol. The van der Waals surface area contributed by atoms with Crippen molar-refractivity contribution in [2.45, 2.75) is 31.7 Å². The van der Waals surface area contributed by atoms with Crippen LogP contribution in [-0.4, -0.2) is 45.5 Å². The lowest BCUT2D eigenvalue weighted by atomic mass is 10.1. The molecule has 0 heterocycles. The number of carbonyl (C=O) groups is 1. The molecule has 0 radical (unpaired) electrons. The quantitative estimate of drug-likeness (QED) is 0.321. The molecule has 0 aliphatic carbocycles. The fourth-order valence-corrected chi connectivity index (χ4v) is 1.28. The number of ether oxygens (including phenoxy) is 2. The molecule has 1 amide bonds. The van der Waals surface area contributed by atoms with Gasteiger partial charge in [0.05, 0.1) is 19.4 Å². The van der Waals surface area contributed by atoms with E-state index in [9.17, 15) is 4.79 Å². The maximum absolute atomic E-state index is 10.6. The van der Waals surface area contributed by atoms with Crippen LogP contribution in [0.25, 0.3) is 0 Å². The van der Waals surface area contributed by atoms with Gasteiger partial charge in [0.2, 0.25) is 5.91 Å². The van der Waals surface area contributed by atoms with Crippen molar-refractivity contribution in [3.63, 3.8) is 0 Å². The van der Waals surface area contributed by atoms with Crippen LogP contribution in [0.1, 0.15) is 25.7 Å². The molecule has 0 bridgehead atoms. The molecular formula is C11H25N3O3. The van der Waals surface area contributed by atoms with Gasteiger partial charge in [-0.25, -0.2) is 0 Å². The molecule has 0 saturated heterocycles. The number of hydrogen-bond acceptors (Lipinski definition) is 5. The summed E-state index contributed by atoms with van der Waals surface area (Å²) in [5, 5.41) is 3.15. The van der Waals surface area contributed by atoms with Crippen LogP contribution in [0.3, 0.4) is 0 Å². The standard InChI is InChI=1S/C11H25N3O3/c1-16-7-4-8-17-9-14-6-3-2-5-10(12)11(13)15/h10,14H,2-9,12H2,1H3,(H2,13,15). The molecule has 0 aliphatic rings. The van der Waals surface area contributed by atoms with E-state index >= 15 is 0 Å². The van der Waals surface area contributed by atoms with Crippen LogP contribution < -0.4 is 16.8 Å². The minimum Gasteiger partial charge on any atom is -0.385 e. The summed E-state index contributed by atoms with van der Waals surface area (Å²) in [7, 11) is 1.68. The van der Waals surface area contributed by atoms with Crippen LogP contribution in [-0.2, 0) is 14.3 Å². The highest BCUT2D eigenvalue weighted by Crippen LogP contribution is 1.97. The molecule has 0 fully saturated rings. The Morgan fingerprint density at radius 3 is 2.71 bits per heavy atom. The van der Waals surface area contributed by atoms with E-state index in [2.05, 4.69) is 5.32 Å². The molecule has 0 saturated carbocycles. The lowest BCUT2D eigenvalue weighted by Gasteiger charge is -2.08. The molecule has 0 rings (SSSR count). The van der Waals surface area contributed by atoms with Crippen molar-refractivity contribution in [2.24, 2.45) is 11.5 Å². The fraction of sp³-hybridized carbons (Fsp3) is 0.909. The first-order valence-electron chi connectivity index (χ1n) is 6.00.